The van der Waals surface area contributed by atoms with Gasteiger partial charge in [-0.15, -0.1) is 6.58 Å². The molecule has 0 aliphatic carbocycles. The van der Waals surface area contributed by atoms with Gasteiger partial charge in [0.25, 0.3) is 0 Å². The molecule has 1 aliphatic heterocycles. The van der Waals surface area contributed by atoms with Crippen molar-refractivity contribution in [1.82, 2.24) is 4.31 Å². The van der Waals surface area contributed by atoms with E-state index in [4.69, 9.17) is 0 Å². The Labute approximate surface area is 192 Å². The lowest BCUT2D eigenvalue weighted by Crippen LogP contribution is -2.29. The van der Waals surface area contributed by atoms with Crippen LogP contribution in [0.1, 0.15) is 37.3 Å². The molecule has 1 heterocycles. The van der Waals surface area contributed by atoms with Crippen molar-refractivity contribution in [1.29, 1.82) is 0 Å². The van der Waals surface area contributed by atoms with Gasteiger partial charge in [-0.3, -0.25) is 0 Å². The normalized spacial score (nSPS) is 20.2. The molecule has 170 valence electrons. The lowest BCUT2D eigenvalue weighted by atomic mass is 9.92. The summed E-state index contributed by atoms with van der Waals surface area (Å²) in [5, 5.41) is 0. The predicted octanol–water partition coefficient (Wildman–Crippen LogP) is 6.39. The van der Waals surface area contributed by atoms with Gasteiger partial charge in [-0.2, -0.15) is 4.31 Å². The molecule has 2 aromatic carbocycles. The number of nitrogens with zero attached hydrogens (tertiary/aromatic N) is 1. The molecule has 0 aromatic heterocycles. The lowest BCUT2D eigenvalue weighted by Gasteiger charge is -2.16. The van der Waals surface area contributed by atoms with Crippen LogP contribution in [0, 0.1) is 24.6 Å². The van der Waals surface area contributed by atoms with E-state index in [1.54, 1.807) is 28.6 Å². The summed E-state index contributed by atoms with van der Waals surface area (Å²) >= 11 is 0. The van der Waals surface area contributed by atoms with Gasteiger partial charge >= 0.3 is 0 Å². The second-order valence-corrected chi connectivity index (χ2v) is 10.4. The van der Waals surface area contributed by atoms with Crippen molar-refractivity contribution in [3.8, 4) is 0 Å². The first-order chi connectivity index (χ1) is 15.3. The quantitative estimate of drug-likeness (QED) is 0.413. The van der Waals surface area contributed by atoms with E-state index < -0.39 is 10.0 Å². The largest absolute Gasteiger partial charge is 0.243 e. The first kappa shape index (κ1) is 24.1. The monoisotopic (exact) mass is 453 g/mol. The average Bonchev–Trinajstić information content (AvgIpc) is 3.18. The third-order valence-electron chi connectivity index (χ3n) is 6.04. The van der Waals surface area contributed by atoms with Gasteiger partial charge in [-0.25, -0.2) is 12.8 Å². The zero-order valence-corrected chi connectivity index (χ0v) is 19.7. The van der Waals surface area contributed by atoms with Crippen LogP contribution in [0.2, 0.25) is 0 Å². The second kappa shape index (κ2) is 10.9. The van der Waals surface area contributed by atoms with Gasteiger partial charge in [0.15, 0.2) is 0 Å². The maximum atomic E-state index is 13.1. The Morgan fingerprint density at radius 1 is 1.12 bits per heavy atom. The van der Waals surface area contributed by atoms with E-state index in [0.717, 1.165) is 30.4 Å². The summed E-state index contributed by atoms with van der Waals surface area (Å²) in [6.07, 6.45) is 10.7. The van der Waals surface area contributed by atoms with Crippen LogP contribution in [0.4, 0.5) is 4.39 Å². The molecule has 0 bridgehead atoms. The highest BCUT2D eigenvalue weighted by molar-refractivity contribution is 7.89. The van der Waals surface area contributed by atoms with E-state index in [1.165, 1.54) is 17.7 Å². The van der Waals surface area contributed by atoms with Crippen LogP contribution in [-0.4, -0.2) is 25.8 Å². The van der Waals surface area contributed by atoms with E-state index >= 15 is 0 Å². The van der Waals surface area contributed by atoms with Crippen molar-refractivity contribution < 1.29 is 12.8 Å². The Balaban J connectivity index is 1.71. The smallest absolute Gasteiger partial charge is 0.207 e. The molecule has 2 aromatic rings. The molecule has 0 amide bonds. The van der Waals surface area contributed by atoms with Crippen molar-refractivity contribution in [2.24, 2.45) is 11.8 Å². The number of hydrogen-bond acceptors (Lipinski definition) is 2. The zero-order chi connectivity index (χ0) is 23.1. The average molecular weight is 454 g/mol. The first-order valence-electron chi connectivity index (χ1n) is 11.1. The molecule has 1 fully saturated rings. The van der Waals surface area contributed by atoms with Crippen molar-refractivity contribution in [2.75, 3.05) is 13.1 Å². The summed E-state index contributed by atoms with van der Waals surface area (Å²) in [7, 11) is -3.51. The van der Waals surface area contributed by atoms with Crippen molar-refractivity contribution >= 4 is 16.1 Å². The number of halogens is 1. The lowest BCUT2D eigenvalue weighted by molar-refractivity contribution is 0.457. The third-order valence-corrected chi connectivity index (χ3v) is 7.89. The second-order valence-electron chi connectivity index (χ2n) is 8.42. The Kier molecular flexibility index (Phi) is 8.21. The fourth-order valence-electron chi connectivity index (χ4n) is 4.09. The fourth-order valence-corrected chi connectivity index (χ4v) is 5.62. The van der Waals surface area contributed by atoms with E-state index in [9.17, 15) is 12.8 Å². The van der Waals surface area contributed by atoms with E-state index in [0.29, 0.717) is 18.0 Å². The molecular formula is C27H32FNO2S. The van der Waals surface area contributed by atoms with E-state index in [1.807, 2.05) is 25.1 Å². The van der Waals surface area contributed by atoms with Gasteiger partial charge in [0.05, 0.1) is 4.90 Å². The van der Waals surface area contributed by atoms with Crippen LogP contribution in [0.15, 0.2) is 83.8 Å². The van der Waals surface area contributed by atoms with Gasteiger partial charge < -0.3 is 0 Å². The van der Waals surface area contributed by atoms with Crippen LogP contribution < -0.4 is 0 Å². The number of hydrogen-bond donors (Lipinski definition) is 0. The highest BCUT2D eigenvalue weighted by Crippen LogP contribution is 2.32. The Bertz CT molecular complexity index is 1070. The summed E-state index contributed by atoms with van der Waals surface area (Å²) in [5.41, 5.74) is 3.27. The SMILES string of the molecule is C=CC[C@@H]1CN(S(=O)(=O)c2ccc(C)cc2)C[C@H]1/C=C/C/C(=C/c1ccc(F)cc1)CC. The molecule has 1 aliphatic rings. The Hall–Kier alpha value is -2.50. The number of aryl methyl sites for hydroxylation is 1. The van der Waals surface area contributed by atoms with Gasteiger partial charge in [0.2, 0.25) is 10.0 Å². The molecule has 0 spiro atoms. The summed E-state index contributed by atoms with van der Waals surface area (Å²) in [6.45, 7) is 8.90. The summed E-state index contributed by atoms with van der Waals surface area (Å²) in [6, 6.07) is 13.5. The highest BCUT2D eigenvalue weighted by atomic mass is 32.2. The molecule has 3 nitrogen and oxygen atoms in total. The van der Waals surface area contributed by atoms with Crippen LogP contribution in [0.25, 0.3) is 6.08 Å². The molecule has 0 N–H and O–H groups in total. The first-order valence-corrected chi connectivity index (χ1v) is 12.6. The maximum Gasteiger partial charge on any atom is 0.243 e. The van der Waals surface area contributed by atoms with E-state index in [-0.39, 0.29) is 17.7 Å². The summed E-state index contributed by atoms with van der Waals surface area (Å²) in [5.74, 6) is 0.131. The Morgan fingerprint density at radius 3 is 2.44 bits per heavy atom. The van der Waals surface area contributed by atoms with Crippen LogP contribution in [0.3, 0.4) is 0 Å². The van der Waals surface area contributed by atoms with Gasteiger partial charge in [-0.05, 0) is 67.9 Å². The summed E-state index contributed by atoms with van der Waals surface area (Å²) in [4.78, 5) is 0.348. The Morgan fingerprint density at radius 2 is 1.81 bits per heavy atom. The number of sulfonamides is 1. The predicted molar refractivity (Wildman–Crippen MR) is 130 cm³/mol. The standard InChI is InChI=1S/C27H32FNO2S/c1-4-7-24-19-29(32(30,31)27-16-10-21(3)11-17-27)20-25(24)9-6-8-22(5-2)18-23-12-14-26(28)15-13-23/h4,6,9-18,24-25H,1,5,7-8,19-20H2,2-3H3/b9-6+,22-18+/t24-,25-/m1/s1. The maximum absolute atomic E-state index is 13.1. The van der Waals surface area contributed by atoms with Crippen molar-refractivity contribution in [2.45, 2.75) is 38.0 Å². The van der Waals surface area contributed by atoms with Gasteiger partial charge in [-0.1, -0.05) is 66.6 Å². The summed E-state index contributed by atoms with van der Waals surface area (Å²) < 4.78 is 41.0. The molecule has 5 heteroatoms. The fraction of sp³-hybridized carbons (Fsp3) is 0.333. The molecule has 0 unspecified atom stereocenters. The molecule has 3 rings (SSSR count). The molecule has 0 saturated carbocycles. The highest BCUT2D eigenvalue weighted by Gasteiger charge is 2.37. The van der Waals surface area contributed by atoms with Gasteiger partial charge in [0, 0.05) is 13.1 Å². The van der Waals surface area contributed by atoms with E-state index in [2.05, 4.69) is 31.7 Å². The zero-order valence-electron chi connectivity index (χ0n) is 18.9. The van der Waals surface area contributed by atoms with Crippen molar-refractivity contribution in [3.05, 3.63) is 95.9 Å². The molecular weight excluding hydrogens is 421 g/mol. The van der Waals surface area contributed by atoms with Crippen LogP contribution >= 0.6 is 0 Å². The van der Waals surface area contributed by atoms with Crippen LogP contribution in [-0.2, 0) is 10.0 Å². The molecule has 1 saturated heterocycles. The molecule has 0 radical (unpaired) electrons. The molecule has 32 heavy (non-hydrogen) atoms. The topological polar surface area (TPSA) is 37.4 Å². The third kappa shape index (κ3) is 6.05. The molecule has 2 atom stereocenters. The number of rotatable bonds is 9. The number of benzene rings is 2. The minimum absolute atomic E-state index is 0.150. The minimum Gasteiger partial charge on any atom is -0.207 e. The van der Waals surface area contributed by atoms with Crippen molar-refractivity contribution in [3.63, 3.8) is 0 Å². The minimum atomic E-state index is -3.51. The van der Waals surface area contributed by atoms with Crippen LogP contribution in [0.5, 0.6) is 0 Å². The van der Waals surface area contributed by atoms with Gasteiger partial charge in [0.1, 0.15) is 5.82 Å². The number of allylic oxidation sites excluding steroid dienone is 3.